The lowest BCUT2D eigenvalue weighted by atomic mass is 10.1. The van der Waals surface area contributed by atoms with Gasteiger partial charge in [0.05, 0.1) is 0 Å². The van der Waals surface area contributed by atoms with Crippen LogP contribution in [0.1, 0.15) is 11.1 Å². The lowest BCUT2D eigenvalue weighted by Crippen LogP contribution is -2.38. The molecule has 25 heavy (non-hydrogen) atoms. The highest BCUT2D eigenvalue weighted by molar-refractivity contribution is 6.08. The largest absolute Gasteiger partial charge is 0.325 e. The third-order valence-electron chi connectivity index (χ3n) is 3.99. The quantitative estimate of drug-likeness (QED) is 0.820. The van der Waals surface area contributed by atoms with Gasteiger partial charge in [-0.3, -0.25) is 14.5 Å². The first kappa shape index (κ1) is 16.7. The first-order valence-electron chi connectivity index (χ1n) is 8.05. The molecule has 4 amide bonds. The molecule has 1 fully saturated rings. The maximum atomic E-state index is 12.4. The minimum absolute atomic E-state index is 0.302. The number of amides is 4. The van der Waals surface area contributed by atoms with E-state index in [-0.39, 0.29) is 12.5 Å². The van der Waals surface area contributed by atoms with E-state index in [1.54, 1.807) is 6.07 Å². The zero-order valence-corrected chi connectivity index (χ0v) is 13.9. The van der Waals surface area contributed by atoms with Gasteiger partial charge in [-0.25, -0.2) is 4.79 Å². The summed E-state index contributed by atoms with van der Waals surface area (Å²) in [7, 11) is 0. The first-order chi connectivity index (χ1) is 12.0. The van der Waals surface area contributed by atoms with Crippen molar-refractivity contribution in [3.63, 3.8) is 0 Å². The van der Waals surface area contributed by atoms with Crippen molar-refractivity contribution in [3.8, 4) is 0 Å². The zero-order valence-electron chi connectivity index (χ0n) is 13.9. The lowest BCUT2D eigenvalue weighted by Gasteiger charge is -2.13. The normalized spacial score (nSPS) is 16.7. The highest BCUT2D eigenvalue weighted by atomic mass is 16.2. The molecule has 1 atom stereocenters. The average Bonchev–Trinajstić information content (AvgIpc) is 2.83. The van der Waals surface area contributed by atoms with Gasteiger partial charge in [0.25, 0.3) is 5.91 Å². The van der Waals surface area contributed by atoms with Crippen LogP contribution < -0.4 is 10.6 Å². The number of urea groups is 1. The average molecular weight is 337 g/mol. The van der Waals surface area contributed by atoms with Crippen molar-refractivity contribution < 1.29 is 14.4 Å². The summed E-state index contributed by atoms with van der Waals surface area (Å²) >= 11 is 0. The summed E-state index contributed by atoms with van der Waals surface area (Å²) in [5.41, 5.74) is 2.60. The number of hydrogen-bond acceptors (Lipinski definition) is 3. The highest BCUT2D eigenvalue weighted by Gasteiger charge is 2.38. The van der Waals surface area contributed by atoms with Crippen LogP contribution in [0, 0.1) is 6.92 Å². The van der Waals surface area contributed by atoms with Gasteiger partial charge in [0.2, 0.25) is 5.91 Å². The van der Waals surface area contributed by atoms with Crippen molar-refractivity contribution in [3.05, 3.63) is 65.7 Å². The van der Waals surface area contributed by atoms with Gasteiger partial charge in [-0.2, -0.15) is 0 Å². The molecule has 1 saturated heterocycles. The van der Waals surface area contributed by atoms with E-state index in [1.165, 1.54) is 0 Å². The molecule has 6 nitrogen and oxygen atoms in total. The molecule has 0 aromatic heterocycles. The molecule has 0 aliphatic carbocycles. The predicted octanol–water partition coefficient (Wildman–Crippen LogP) is 2.10. The minimum Gasteiger partial charge on any atom is -0.325 e. The summed E-state index contributed by atoms with van der Waals surface area (Å²) in [5, 5.41) is 5.34. The van der Waals surface area contributed by atoms with Crippen LogP contribution >= 0.6 is 0 Å². The van der Waals surface area contributed by atoms with Crippen molar-refractivity contribution in [1.29, 1.82) is 0 Å². The summed E-state index contributed by atoms with van der Waals surface area (Å²) in [6.45, 7) is 1.62. The highest BCUT2D eigenvalue weighted by Crippen LogP contribution is 2.13. The molecule has 0 bridgehead atoms. The fraction of sp³-hybridized carbons (Fsp3) is 0.211. The monoisotopic (exact) mass is 337 g/mol. The maximum Gasteiger partial charge on any atom is 0.325 e. The predicted molar refractivity (Wildman–Crippen MR) is 94.0 cm³/mol. The summed E-state index contributed by atoms with van der Waals surface area (Å²) < 4.78 is 0. The Morgan fingerprint density at radius 2 is 1.88 bits per heavy atom. The molecule has 0 saturated carbocycles. The Morgan fingerprint density at radius 1 is 1.12 bits per heavy atom. The molecule has 1 heterocycles. The van der Waals surface area contributed by atoms with E-state index in [2.05, 4.69) is 10.6 Å². The van der Waals surface area contributed by atoms with Crippen LogP contribution in [0.5, 0.6) is 0 Å². The van der Waals surface area contributed by atoms with Gasteiger partial charge in [-0.1, -0.05) is 42.5 Å². The molecule has 128 valence electrons. The van der Waals surface area contributed by atoms with E-state index in [4.69, 9.17) is 0 Å². The number of carbonyl (C=O) groups is 3. The number of aryl methyl sites for hydroxylation is 1. The van der Waals surface area contributed by atoms with Crippen LogP contribution in [-0.4, -0.2) is 35.3 Å². The maximum absolute atomic E-state index is 12.4. The van der Waals surface area contributed by atoms with E-state index in [9.17, 15) is 14.4 Å². The second-order valence-electron chi connectivity index (χ2n) is 6.03. The van der Waals surface area contributed by atoms with Gasteiger partial charge in [-0.15, -0.1) is 0 Å². The topological polar surface area (TPSA) is 78.5 Å². The van der Waals surface area contributed by atoms with Crippen LogP contribution in [0.3, 0.4) is 0 Å². The summed E-state index contributed by atoms with van der Waals surface area (Å²) in [6, 6.07) is 15.6. The summed E-state index contributed by atoms with van der Waals surface area (Å²) in [4.78, 5) is 37.6. The standard InChI is InChI=1S/C19H19N3O3/c1-13-6-5-9-15(10-13)20-17(23)12-22-18(24)16(21-19(22)25)11-14-7-3-2-4-8-14/h2-10,16H,11-12H2,1H3,(H,20,23)(H,21,25)/t16-/m0/s1. The number of anilines is 1. The molecular formula is C19H19N3O3. The number of carbonyl (C=O) groups excluding carboxylic acids is 3. The van der Waals surface area contributed by atoms with Crippen LogP contribution in [-0.2, 0) is 16.0 Å². The Kier molecular flexibility index (Phi) is 4.79. The molecule has 2 aromatic rings. The Labute approximate surface area is 145 Å². The van der Waals surface area contributed by atoms with Crippen LogP contribution in [0.15, 0.2) is 54.6 Å². The molecule has 1 aliphatic rings. The van der Waals surface area contributed by atoms with E-state index in [1.807, 2.05) is 55.5 Å². The third-order valence-corrected chi connectivity index (χ3v) is 3.99. The van der Waals surface area contributed by atoms with Crippen molar-refractivity contribution in [2.45, 2.75) is 19.4 Å². The molecule has 0 spiro atoms. The van der Waals surface area contributed by atoms with Gasteiger partial charge in [-0.05, 0) is 30.2 Å². The number of nitrogens with one attached hydrogen (secondary N) is 2. The lowest BCUT2D eigenvalue weighted by molar-refractivity contribution is -0.130. The number of rotatable bonds is 5. The second kappa shape index (κ2) is 7.17. The van der Waals surface area contributed by atoms with Gasteiger partial charge >= 0.3 is 6.03 Å². The molecule has 3 rings (SSSR count). The fourth-order valence-electron chi connectivity index (χ4n) is 2.78. The molecule has 0 unspecified atom stereocenters. The van der Waals surface area contributed by atoms with Crippen LogP contribution in [0.25, 0.3) is 0 Å². The van der Waals surface area contributed by atoms with Crippen molar-refractivity contribution in [1.82, 2.24) is 10.2 Å². The van der Waals surface area contributed by atoms with E-state index in [0.717, 1.165) is 16.0 Å². The molecule has 0 radical (unpaired) electrons. The Morgan fingerprint density at radius 3 is 2.60 bits per heavy atom. The van der Waals surface area contributed by atoms with Crippen molar-refractivity contribution in [2.75, 3.05) is 11.9 Å². The minimum atomic E-state index is -0.637. The Balaban J connectivity index is 1.61. The number of benzene rings is 2. The molecular weight excluding hydrogens is 318 g/mol. The number of imide groups is 1. The Bertz CT molecular complexity index is 805. The van der Waals surface area contributed by atoms with E-state index < -0.39 is 18.0 Å². The molecule has 6 heteroatoms. The summed E-state index contributed by atoms with van der Waals surface area (Å²) in [5.74, 6) is -0.789. The van der Waals surface area contributed by atoms with Crippen LogP contribution in [0.4, 0.5) is 10.5 Å². The van der Waals surface area contributed by atoms with Gasteiger partial charge < -0.3 is 10.6 Å². The number of nitrogens with zero attached hydrogens (tertiary/aromatic N) is 1. The molecule has 2 aromatic carbocycles. The third kappa shape index (κ3) is 4.03. The smallest absolute Gasteiger partial charge is 0.325 e. The van der Waals surface area contributed by atoms with Crippen molar-refractivity contribution in [2.24, 2.45) is 0 Å². The second-order valence-corrected chi connectivity index (χ2v) is 6.03. The molecule has 1 aliphatic heterocycles. The summed E-state index contributed by atoms with van der Waals surface area (Å²) in [6.07, 6.45) is 0.404. The van der Waals surface area contributed by atoms with E-state index >= 15 is 0 Å². The fourth-order valence-corrected chi connectivity index (χ4v) is 2.78. The Hall–Kier alpha value is -3.15. The first-order valence-corrected chi connectivity index (χ1v) is 8.05. The van der Waals surface area contributed by atoms with Crippen molar-refractivity contribution >= 4 is 23.5 Å². The molecule has 2 N–H and O–H groups in total. The number of hydrogen-bond donors (Lipinski definition) is 2. The van der Waals surface area contributed by atoms with Gasteiger partial charge in [0, 0.05) is 12.1 Å². The van der Waals surface area contributed by atoms with Gasteiger partial charge in [0.1, 0.15) is 12.6 Å². The van der Waals surface area contributed by atoms with Gasteiger partial charge in [0.15, 0.2) is 0 Å². The van der Waals surface area contributed by atoms with E-state index in [0.29, 0.717) is 12.1 Å². The zero-order chi connectivity index (χ0) is 17.8. The van der Waals surface area contributed by atoms with Crippen LogP contribution in [0.2, 0.25) is 0 Å². The SMILES string of the molecule is Cc1cccc(NC(=O)CN2C(=O)N[C@@H](Cc3ccccc3)C2=O)c1.